The summed E-state index contributed by atoms with van der Waals surface area (Å²) in [6.45, 7) is 1.87. The summed E-state index contributed by atoms with van der Waals surface area (Å²) in [4.78, 5) is 28.6. The third-order valence-electron chi connectivity index (χ3n) is 4.11. The van der Waals surface area contributed by atoms with Crippen LogP contribution in [-0.2, 0) is 0 Å². The third kappa shape index (κ3) is 4.07. The van der Waals surface area contributed by atoms with Gasteiger partial charge >= 0.3 is 0 Å². The van der Waals surface area contributed by atoms with Crippen LogP contribution in [0.1, 0.15) is 20.7 Å². The predicted molar refractivity (Wildman–Crippen MR) is 104 cm³/mol. The normalized spacial score (nSPS) is 14.5. The molecular formula is C18H16ClIN2O3. The van der Waals surface area contributed by atoms with Gasteiger partial charge in [0.05, 0.1) is 5.56 Å². The van der Waals surface area contributed by atoms with E-state index in [-0.39, 0.29) is 17.6 Å². The van der Waals surface area contributed by atoms with Crippen LogP contribution >= 0.6 is 34.2 Å². The largest absolute Gasteiger partial charge is 0.508 e. The highest BCUT2D eigenvalue weighted by molar-refractivity contribution is 14.1. The summed E-state index contributed by atoms with van der Waals surface area (Å²) in [6, 6.07) is 11.5. The summed E-state index contributed by atoms with van der Waals surface area (Å²) < 4.78 is 0.813. The SMILES string of the molecule is O=C(c1cccc(O)c1)N1CCN(C(=O)c2ccc(Cl)cc2I)CC1. The number of rotatable bonds is 2. The van der Waals surface area contributed by atoms with E-state index in [9.17, 15) is 14.7 Å². The van der Waals surface area contributed by atoms with E-state index >= 15 is 0 Å². The van der Waals surface area contributed by atoms with Gasteiger partial charge in [-0.05, 0) is 59.0 Å². The average molecular weight is 471 g/mol. The van der Waals surface area contributed by atoms with Crippen LogP contribution in [0.4, 0.5) is 0 Å². The Labute approximate surface area is 164 Å². The Hall–Kier alpha value is -1.80. The maximum Gasteiger partial charge on any atom is 0.255 e. The Balaban J connectivity index is 1.65. The number of piperazine rings is 1. The number of carbonyl (C=O) groups excluding carboxylic acids is 2. The minimum absolute atomic E-state index is 0.0504. The molecule has 0 aromatic heterocycles. The van der Waals surface area contributed by atoms with Crippen LogP contribution in [0.15, 0.2) is 42.5 Å². The highest BCUT2D eigenvalue weighted by Crippen LogP contribution is 2.21. The smallest absolute Gasteiger partial charge is 0.255 e. The van der Waals surface area contributed by atoms with Gasteiger partial charge in [-0.2, -0.15) is 0 Å². The molecule has 25 heavy (non-hydrogen) atoms. The van der Waals surface area contributed by atoms with Crippen LogP contribution in [0.3, 0.4) is 0 Å². The van der Waals surface area contributed by atoms with E-state index in [4.69, 9.17) is 11.6 Å². The van der Waals surface area contributed by atoms with Gasteiger partial charge in [0.2, 0.25) is 0 Å². The summed E-state index contributed by atoms with van der Waals surface area (Å²) in [7, 11) is 0. The number of aromatic hydroxyl groups is 1. The van der Waals surface area contributed by atoms with E-state index in [1.165, 1.54) is 12.1 Å². The van der Waals surface area contributed by atoms with Crippen LogP contribution in [0, 0.1) is 3.57 Å². The van der Waals surface area contributed by atoms with Crippen LogP contribution in [-0.4, -0.2) is 52.9 Å². The second-order valence-corrected chi connectivity index (χ2v) is 7.36. The molecule has 0 atom stereocenters. The van der Waals surface area contributed by atoms with Crippen LogP contribution in [0.25, 0.3) is 0 Å². The Kier molecular flexibility index (Phi) is 5.48. The Morgan fingerprint density at radius 2 is 1.60 bits per heavy atom. The first-order valence-electron chi connectivity index (χ1n) is 7.78. The fourth-order valence-electron chi connectivity index (χ4n) is 2.77. The number of phenols is 1. The maximum atomic E-state index is 12.7. The number of benzene rings is 2. The zero-order valence-corrected chi connectivity index (χ0v) is 16.2. The molecule has 2 aromatic rings. The van der Waals surface area contributed by atoms with Gasteiger partial charge in [0.25, 0.3) is 11.8 Å². The van der Waals surface area contributed by atoms with E-state index < -0.39 is 0 Å². The van der Waals surface area contributed by atoms with E-state index in [1.54, 1.807) is 40.1 Å². The molecule has 1 aliphatic rings. The molecule has 3 rings (SSSR count). The summed E-state index contributed by atoms with van der Waals surface area (Å²) in [5.41, 5.74) is 1.07. The second-order valence-electron chi connectivity index (χ2n) is 5.76. The number of carbonyl (C=O) groups is 2. The molecule has 1 saturated heterocycles. The van der Waals surface area contributed by atoms with Crippen LogP contribution < -0.4 is 0 Å². The van der Waals surface area contributed by atoms with Gasteiger partial charge in [-0.3, -0.25) is 9.59 Å². The quantitative estimate of drug-likeness (QED) is 0.686. The van der Waals surface area contributed by atoms with Gasteiger partial charge in [0, 0.05) is 40.3 Å². The first kappa shape index (κ1) is 18.0. The number of nitrogens with zero attached hydrogens (tertiary/aromatic N) is 2. The number of amides is 2. The lowest BCUT2D eigenvalue weighted by Crippen LogP contribution is -2.50. The topological polar surface area (TPSA) is 60.9 Å². The van der Waals surface area contributed by atoms with Gasteiger partial charge in [-0.15, -0.1) is 0 Å². The number of halogens is 2. The fraction of sp³-hybridized carbons (Fsp3) is 0.222. The lowest BCUT2D eigenvalue weighted by atomic mass is 10.1. The van der Waals surface area contributed by atoms with Crippen LogP contribution in [0.5, 0.6) is 5.75 Å². The molecule has 0 bridgehead atoms. The van der Waals surface area contributed by atoms with Gasteiger partial charge in [0.1, 0.15) is 5.75 Å². The standard InChI is InChI=1S/C18H16ClIN2O3/c19-13-4-5-15(16(20)11-13)18(25)22-8-6-21(7-9-22)17(24)12-2-1-3-14(23)10-12/h1-5,10-11,23H,6-9H2. The van der Waals surface area contributed by atoms with Crippen molar-refractivity contribution in [3.63, 3.8) is 0 Å². The Morgan fingerprint density at radius 3 is 2.20 bits per heavy atom. The fourth-order valence-corrected chi connectivity index (χ4v) is 3.87. The van der Waals surface area contributed by atoms with Crippen molar-refractivity contribution in [2.24, 2.45) is 0 Å². The molecule has 0 unspecified atom stereocenters. The van der Waals surface area contributed by atoms with Gasteiger partial charge < -0.3 is 14.9 Å². The average Bonchev–Trinajstić information content (AvgIpc) is 2.61. The van der Waals surface area contributed by atoms with Crippen molar-refractivity contribution in [1.82, 2.24) is 9.80 Å². The molecule has 2 amide bonds. The van der Waals surface area contributed by atoms with Crippen molar-refractivity contribution in [3.05, 3.63) is 62.2 Å². The molecule has 7 heteroatoms. The molecule has 2 aromatic carbocycles. The monoisotopic (exact) mass is 470 g/mol. The van der Waals surface area contributed by atoms with Crippen molar-refractivity contribution < 1.29 is 14.7 Å². The molecule has 0 radical (unpaired) electrons. The molecule has 5 nitrogen and oxygen atoms in total. The van der Waals surface area contributed by atoms with E-state index in [2.05, 4.69) is 22.6 Å². The van der Waals surface area contributed by atoms with Crippen molar-refractivity contribution in [2.45, 2.75) is 0 Å². The highest BCUT2D eigenvalue weighted by Gasteiger charge is 2.26. The molecule has 0 spiro atoms. The molecule has 1 N–H and O–H groups in total. The molecule has 130 valence electrons. The third-order valence-corrected chi connectivity index (χ3v) is 5.24. The first-order chi connectivity index (χ1) is 12.0. The molecular weight excluding hydrogens is 455 g/mol. The summed E-state index contributed by atoms with van der Waals surface area (Å²) in [5, 5.41) is 10.1. The van der Waals surface area contributed by atoms with Crippen molar-refractivity contribution in [3.8, 4) is 5.75 Å². The Morgan fingerprint density at radius 1 is 0.960 bits per heavy atom. The molecule has 1 heterocycles. The highest BCUT2D eigenvalue weighted by atomic mass is 127. The van der Waals surface area contributed by atoms with Gasteiger partial charge in [-0.25, -0.2) is 0 Å². The van der Waals surface area contributed by atoms with E-state index in [0.29, 0.717) is 42.3 Å². The van der Waals surface area contributed by atoms with Crippen molar-refractivity contribution in [1.29, 1.82) is 0 Å². The minimum atomic E-state index is -0.135. The number of phenolic OH excluding ortho intramolecular Hbond substituents is 1. The molecule has 1 fully saturated rings. The van der Waals surface area contributed by atoms with Crippen molar-refractivity contribution >= 4 is 46.0 Å². The lowest BCUT2D eigenvalue weighted by Gasteiger charge is -2.35. The number of hydrogen-bond acceptors (Lipinski definition) is 3. The van der Waals surface area contributed by atoms with E-state index in [0.717, 1.165) is 3.57 Å². The summed E-state index contributed by atoms with van der Waals surface area (Å²) >= 11 is 8.04. The van der Waals surface area contributed by atoms with Crippen LogP contribution in [0.2, 0.25) is 5.02 Å². The second kappa shape index (κ2) is 7.61. The van der Waals surface area contributed by atoms with Gasteiger partial charge in [-0.1, -0.05) is 17.7 Å². The zero-order valence-electron chi connectivity index (χ0n) is 13.3. The van der Waals surface area contributed by atoms with Gasteiger partial charge in [0.15, 0.2) is 0 Å². The van der Waals surface area contributed by atoms with E-state index in [1.807, 2.05) is 0 Å². The lowest BCUT2D eigenvalue weighted by molar-refractivity contribution is 0.0535. The number of hydrogen-bond donors (Lipinski definition) is 1. The molecule has 0 aliphatic carbocycles. The molecule has 0 saturated carbocycles. The van der Waals surface area contributed by atoms with Crippen molar-refractivity contribution in [2.75, 3.05) is 26.2 Å². The summed E-state index contributed by atoms with van der Waals surface area (Å²) in [6.07, 6.45) is 0. The zero-order chi connectivity index (χ0) is 18.0. The Bertz CT molecular complexity index is 820. The predicted octanol–water partition coefficient (Wildman–Crippen LogP) is 3.25. The maximum absolute atomic E-state index is 12.7. The minimum Gasteiger partial charge on any atom is -0.508 e. The molecule has 1 aliphatic heterocycles. The first-order valence-corrected chi connectivity index (χ1v) is 9.24. The summed E-state index contributed by atoms with van der Waals surface area (Å²) in [5.74, 6) is -0.119.